The van der Waals surface area contributed by atoms with Crippen LogP contribution in [0.15, 0.2) is 47.4 Å². The van der Waals surface area contributed by atoms with E-state index >= 15 is 0 Å². The smallest absolute Gasteiger partial charge is 0.241 e. The molecule has 4 nitrogen and oxygen atoms in total. The van der Waals surface area contributed by atoms with Crippen molar-refractivity contribution in [3.63, 3.8) is 0 Å². The van der Waals surface area contributed by atoms with E-state index in [1.165, 1.54) is 12.1 Å². The van der Waals surface area contributed by atoms with Crippen LogP contribution in [0.4, 0.5) is 4.39 Å². The van der Waals surface area contributed by atoms with Crippen molar-refractivity contribution in [3.8, 4) is 0 Å². The van der Waals surface area contributed by atoms with E-state index in [4.69, 9.17) is 4.74 Å². The van der Waals surface area contributed by atoms with E-state index in [9.17, 15) is 12.8 Å². The summed E-state index contributed by atoms with van der Waals surface area (Å²) in [6.07, 6.45) is 0. The zero-order chi connectivity index (χ0) is 16.9. The second-order valence-electron chi connectivity index (χ2n) is 5.14. The molecule has 0 aromatic heterocycles. The van der Waals surface area contributed by atoms with Crippen LogP contribution in [-0.4, -0.2) is 15.0 Å². The van der Waals surface area contributed by atoms with Crippen molar-refractivity contribution in [2.75, 3.05) is 6.61 Å². The quantitative estimate of drug-likeness (QED) is 0.844. The monoisotopic (exact) mass is 337 g/mol. The molecule has 0 saturated carbocycles. The molecule has 0 fully saturated rings. The van der Waals surface area contributed by atoms with E-state index in [1.807, 2.05) is 31.2 Å². The van der Waals surface area contributed by atoms with Gasteiger partial charge in [-0.25, -0.2) is 17.5 Å². The van der Waals surface area contributed by atoms with Crippen LogP contribution in [0.1, 0.15) is 23.6 Å². The number of aryl methyl sites for hydroxylation is 1. The molecule has 0 saturated heterocycles. The van der Waals surface area contributed by atoms with Crippen molar-refractivity contribution in [2.45, 2.75) is 31.9 Å². The number of halogens is 1. The average molecular weight is 337 g/mol. The van der Waals surface area contributed by atoms with E-state index in [0.29, 0.717) is 18.8 Å². The molecule has 0 amide bonds. The molecule has 124 valence electrons. The summed E-state index contributed by atoms with van der Waals surface area (Å²) in [7, 11) is -3.78. The van der Waals surface area contributed by atoms with E-state index < -0.39 is 15.8 Å². The highest BCUT2D eigenvalue weighted by atomic mass is 32.2. The summed E-state index contributed by atoms with van der Waals surface area (Å²) in [6.45, 7) is 4.67. The van der Waals surface area contributed by atoms with Crippen LogP contribution >= 0.6 is 0 Å². The summed E-state index contributed by atoms with van der Waals surface area (Å²) >= 11 is 0. The van der Waals surface area contributed by atoms with Gasteiger partial charge in [-0.15, -0.1) is 0 Å². The third-order valence-corrected chi connectivity index (χ3v) is 5.02. The molecule has 0 aliphatic rings. The number of hydrogen-bond acceptors (Lipinski definition) is 3. The number of ether oxygens (including phenoxy) is 1. The van der Waals surface area contributed by atoms with Gasteiger partial charge < -0.3 is 4.74 Å². The van der Waals surface area contributed by atoms with Gasteiger partial charge in [-0.05, 0) is 42.7 Å². The zero-order valence-electron chi connectivity index (χ0n) is 13.2. The van der Waals surface area contributed by atoms with Crippen LogP contribution in [0, 0.1) is 12.7 Å². The third kappa shape index (κ3) is 4.60. The summed E-state index contributed by atoms with van der Waals surface area (Å²) in [5.74, 6) is -0.576. The lowest BCUT2D eigenvalue weighted by atomic mass is 10.1. The third-order valence-electron chi connectivity index (χ3n) is 3.47. The van der Waals surface area contributed by atoms with Crippen LogP contribution in [-0.2, 0) is 27.9 Å². The lowest BCUT2D eigenvalue weighted by molar-refractivity contribution is 0.133. The minimum Gasteiger partial charge on any atom is -0.377 e. The van der Waals surface area contributed by atoms with Gasteiger partial charge in [0, 0.05) is 13.2 Å². The van der Waals surface area contributed by atoms with Gasteiger partial charge in [0.15, 0.2) is 0 Å². The molecule has 1 N–H and O–H groups in total. The highest BCUT2D eigenvalue weighted by molar-refractivity contribution is 7.89. The first-order valence-corrected chi connectivity index (χ1v) is 8.82. The number of nitrogens with one attached hydrogen (secondary N) is 1. The Morgan fingerprint density at radius 1 is 1.13 bits per heavy atom. The summed E-state index contributed by atoms with van der Waals surface area (Å²) in [5, 5.41) is 0. The topological polar surface area (TPSA) is 55.4 Å². The predicted molar refractivity (Wildman–Crippen MR) is 86.9 cm³/mol. The van der Waals surface area contributed by atoms with Gasteiger partial charge in [0.25, 0.3) is 0 Å². The summed E-state index contributed by atoms with van der Waals surface area (Å²) in [5.41, 5.74) is 2.26. The van der Waals surface area contributed by atoms with Gasteiger partial charge in [-0.1, -0.05) is 30.3 Å². The fourth-order valence-electron chi connectivity index (χ4n) is 2.20. The van der Waals surface area contributed by atoms with Gasteiger partial charge in [0.05, 0.1) is 11.5 Å². The largest absolute Gasteiger partial charge is 0.377 e. The fourth-order valence-corrected chi connectivity index (χ4v) is 3.46. The first-order valence-electron chi connectivity index (χ1n) is 7.34. The first-order chi connectivity index (χ1) is 10.9. The van der Waals surface area contributed by atoms with Crippen LogP contribution in [0.3, 0.4) is 0 Å². The van der Waals surface area contributed by atoms with Crippen molar-refractivity contribution >= 4 is 10.0 Å². The van der Waals surface area contributed by atoms with E-state index in [-0.39, 0.29) is 11.4 Å². The Kier molecular flexibility index (Phi) is 5.87. The standard InChI is InChI=1S/C17H20FNO3S/c1-3-22-12-15-7-5-4-6-14(15)11-19-23(20,21)17-10-16(18)9-8-13(17)2/h4-10,19H,3,11-12H2,1-2H3. The Bertz CT molecular complexity index is 775. The molecule has 2 aromatic carbocycles. The minimum atomic E-state index is -3.78. The molecule has 0 aliphatic heterocycles. The maximum atomic E-state index is 13.3. The van der Waals surface area contributed by atoms with Crippen LogP contribution in [0.2, 0.25) is 0 Å². The Labute approximate surface area is 136 Å². The van der Waals surface area contributed by atoms with Crippen LogP contribution in [0.25, 0.3) is 0 Å². The Morgan fingerprint density at radius 2 is 1.83 bits per heavy atom. The summed E-state index contributed by atoms with van der Waals surface area (Å²) < 4.78 is 46.0. The Hall–Kier alpha value is -1.76. The molecule has 0 aliphatic carbocycles. The molecule has 2 rings (SSSR count). The number of sulfonamides is 1. The second-order valence-corrected chi connectivity index (χ2v) is 6.88. The summed E-state index contributed by atoms with van der Waals surface area (Å²) in [4.78, 5) is -0.0419. The minimum absolute atomic E-state index is 0.0419. The van der Waals surface area contributed by atoms with Gasteiger partial charge in [-0.3, -0.25) is 0 Å². The van der Waals surface area contributed by atoms with Crippen molar-refractivity contribution in [1.29, 1.82) is 0 Å². The van der Waals surface area contributed by atoms with Crippen molar-refractivity contribution in [2.24, 2.45) is 0 Å². The highest BCUT2D eigenvalue weighted by Gasteiger charge is 2.17. The average Bonchev–Trinajstić information content (AvgIpc) is 2.54. The lowest BCUT2D eigenvalue weighted by Gasteiger charge is -2.12. The van der Waals surface area contributed by atoms with E-state index in [1.54, 1.807) is 6.92 Å². The maximum Gasteiger partial charge on any atom is 0.241 e. The molecule has 6 heteroatoms. The molecule has 23 heavy (non-hydrogen) atoms. The lowest BCUT2D eigenvalue weighted by Crippen LogP contribution is -2.24. The number of hydrogen-bond donors (Lipinski definition) is 1. The van der Waals surface area contributed by atoms with Crippen molar-refractivity contribution in [1.82, 2.24) is 4.72 Å². The molecule has 0 bridgehead atoms. The number of benzene rings is 2. The van der Waals surface area contributed by atoms with Crippen molar-refractivity contribution in [3.05, 3.63) is 65.0 Å². The molecular weight excluding hydrogens is 317 g/mol. The molecule has 0 atom stereocenters. The SMILES string of the molecule is CCOCc1ccccc1CNS(=O)(=O)c1cc(F)ccc1C. The van der Waals surface area contributed by atoms with Gasteiger partial charge in [-0.2, -0.15) is 0 Å². The van der Waals surface area contributed by atoms with Crippen LogP contribution in [0.5, 0.6) is 0 Å². The van der Waals surface area contributed by atoms with Gasteiger partial charge >= 0.3 is 0 Å². The van der Waals surface area contributed by atoms with Gasteiger partial charge in [0.1, 0.15) is 5.82 Å². The molecular formula is C17H20FNO3S. The van der Waals surface area contributed by atoms with Crippen molar-refractivity contribution < 1.29 is 17.5 Å². The van der Waals surface area contributed by atoms with Crippen LogP contribution < -0.4 is 4.72 Å². The molecule has 0 spiro atoms. The van der Waals surface area contributed by atoms with Gasteiger partial charge in [0.2, 0.25) is 10.0 Å². The number of rotatable bonds is 7. The Morgan fingerprint density at radius 3 is 2.52 bits per heavy atom. The molecule has 0 radical (unpaired) electrons. The first kappa shape index (κ1) is 17.6. The second kappa shape index (κ2) is 7.68. The van der Waals surface area contributed by atoms with E-state index in [0.717, 1.165) is 17.2 Å². The molecule has 2 aromatic rings. The maximum absolute atomic E-state index is 13.3. The summed E-state index contributed by atoms with van der Waals surface area (Å²) in [6, 6.07) is 11.2. The zero-order valence-corrected chi connectivity index (χ0v) is 14.0. The Balaban J connectivity index is 2.18. The predicted octanol–water partition coefficient (Wildman–Crippen LogP) is 3.15. The molecule has 0 unspecified atom stereocenters. The normalized spacial score (nSPS) is 11.6. The molecule has 0 heterocycles. The fraction of sp³-hybridized carbons (Fsp3) is 0.294. The highest BCUT2D eigenvalue weighted by Crippen LogP contribution is 2.17. The van der Waals surface area contributed by atoms with E-state index in [2.05, 4.69) is 4.72 Å².